The molecular weight excluding hydrogens is 332 g/mol. The van der Waals surface area contributed by atoms with Crippen molar-refractivity contribution in [1.29, 1.82) is 0 Å². The number of fused-ring (bicyclic) bond motifs is 2. The van der Waals surface area contributed by atoms with Gasteiger partial charge in [0, 0.05) is 10.4 Å². The molecule has 2 aromatic rings. The van der Waals surface area contributed by atoms with Crippen LogP contribution in [0.2, 0.25) is 5.02 Å². The lowest BCUT2D eigenvalue weighted by molar-refractivity contribution is 0.0697. The highest BCUT2D eigenvalue weighted by Crippen LogP contribution is 2.27. The molecule has 0 unspecified atom stereocenters. The normalized spacial score (nSPS) is 11.2. The number of carboxylic acids is 1. The minimum Gasteiger partial charge on any atom is -0.478 e. The molecule has 0 atom stereocenters. The summed E-state index contributed by atoms with van der Waals surface area (Å²) in [5.41, 5.74) is 0.883. The second-order valence-corrected chi connectivity index (χ2v) is 5.66. The maximum absolute atomic E-state index is 12.6. The van der Waals surface area contributed by atoms with E-state index in [1.54, 1.807) is 36.4 Å². The van der Waals surface area contributed by atoms with Crippen LogP contribution in [0.15, 0.2) is 57.7 Å². The van der Waals surface area contributed by atoms with E-state index in [9.17, 15) is 9.59 Å². The van der Waals surface area contributed by atoms with Crippen molar-refractivity contribution in [3.05, 3.63) is 69.5 Å². The fourth-order valence-electron chi connectivity index (χ4n) is 2.52. The molecule has 6 nitrogen and oxygen atoms in total. The molecule has 0 saturated heterocycles. The van der Waals surface area contributed by atoms with Crippen molar-refractivity contribution in [2.24, 2.45) is 0 Å². The van der Waals surface area contributed by atoms with Gasteiger partial charge in [-0.15, -0.1) is 5.10 Å². The van der Waals surface area contributed by atoms with E-state index in [1.807, 2.05) is 0 Å². The van der Waals surface area contributed by atoms with Crippen molar-refractivity contribution in [2.75, 3.05) is 0 Å². The Balaban J connectivity index is 1.97. The van der Waals surface area contributed by atoms with Gasteiger partial charge < -0.3 is 9.52 Å². The SMILES string of the molecule is O=C(O)c1cccc(-n2nc3oc4ccc(Cl)cc4cc-3c2=O)c1. The summed E-state index contributed by atoms with van der Waals surface area (Å²) in [6.07, 6.45) is 0. The number of rotatable bonds is 2. The van der Waals surface area contributed by atoms with Gasteiger partial charge in [-0.2, -0.15) is 4.68 Å². The maximum atomic E-state index is 12.6. The Hall–Kier alpha value is -3.12. The van der Waals surface area contributed by atoms with Crippen LogP contribution in [-0.4, -0.2) is 20.9 Å². The summed E-state index contributed by atoms with van der Waals surface area (Å²) in [5, 5.41) is 14.5. The van der Waals surface area contributed by atoms with Crippen molar-refractivity contribution in [2.45, 2.75) is 0 Å². The third-order valence-electron chi connectivity index (χ3n) is 3.66. The molecule has 0 fully saturated rings. The van der Waals surface area contributed by atoms with E-state index < -0.39 is 11.5 Å². The number of hydrogen-bond acceptors (Lipinski definition) is 4. The van der Waals surface area contributed by atoms with Gasteiger partial charge in [0.2, 0.25) is 5.89 Å². The van der Waals surface area contributed by atoms with Crippen LogP contribution >= 0.6 is 11.6 Å². The van der Waals surface area contributed by atoms with Gasteiger partial charge >= 0.3 is 5.97 Å². The van der Waals surface area contributed by atoms with Gasteiger partial charge in [0.05, 0.1) is 11.3 Å². The van der Waals surface area contributed by atoms with Gasteiger partial charge in [-0.3, -0.25) is 4.79 Å². The van der Waals surface area contributed by atoms with Crippen LogP contribution in [0.5, 0.6) is 0 Å². The number of carboxylic acid groups (broad SMARTS) is 1. The van der Waals surface area contributed by atoms with E-state index in [-0.39, 0.29) is 11.5 Å². The first-order chi connectivity index (χ1) is 11.5. The van der Waals surface area contributed by atoms with E-state index in [4.69, 9.17) is 21.1 Å². The zero-order chi connectivity index (χ0) is 16.8. The zero-order valence-corrected chi connectivity index (χ0v) is 12.8. The van der Waals surface area contributed by atoms with E-state index in [0.717, 1.165) is 4.68 Å². The fourth-order valence-corrected chi connectivity index (χ4v) is 2.71. The van der Waals surface area contributed by atoms with E-state index in [0.29, 0.717) is 27.2 Å². The number of aromatic carboxylic acids is 1. The summed E-state index contributed by atoms with van der Waals surface area (Å²) in [4.78, 5) is 23.7. The van der Waals surface area contributed by atoms with Crippen molar-refractivity contribution >= 4 is 28.5 Å². The molecule has 118 valence electrons. The first-order valence-electron chi connectivity index (χ1n) is 6.99. The number of halogens is 1. The Morgan fingerprint density at radius 1 is 1.17 bits per heavy atom. The molecule has 0 aromatic heterocycles. The number of aromatic nitrogens is 2. The molecule has 0 aliphatic carbocycles. The lowest BCUT2D eigenvalue weighted by Gasteiger charge is -2.00. The molecule has 0 radical (unpaired) electrons. The Morgan fingerprint density at radius 2 is 2.00 bits per heavy atom. The summed E-state index contributed by atoms with van der Waals surface area (Å²) in [6.45, 7) is 0. The Labute approximate surface area is 139 Å². The van der Waals surface area contributed by atoms with Crippen molar-refractivity contribution in [3.8, 4) is 17.1 Å². The molecule has 0 spiro atoms. The number of carbonyl (C=O) groups is 1. The molecule has 0 bridgehead atoms. The van der Waals surface area contributed by atoms with Gasteiger partial charge in [0.15, 0.2) is 0 Å². The van der Waals surface area contributed by atoms with Gasteiger partial charge in [0.25, 0.3) is 5.56 Å². The summed E-state index contributed by atoms with van der Waals surface area (Å²) in [7, 11) is 0. The van der Waals surface area contributed by atoms with Gasteiger partial charge in [-0.05, 0) is 42.5 Å². The summed E-state index contributed by atoms with van der Waals surface area (Å²) in [6, 6.07) is 12.7. The summed E-state index contributed by atoms with van der Waals surface area (Å²) in [5.74, 6) is -0.901. The van der Waals surface area contributed by atoms with Crippen LogP contribution < -0.4 is 5.56 Å². The first kappa shape index (κ1) is 14.5. The van der Waals surface area contributed by atoms with Gasteiger partial charge in [-0.25, -0.2) is 4.79 Å². The lowest BCUT2D eigenvalue weighted by Crippen LogP contribution is -2.15. The van der Waals surface area contributed by atoms with Crippen LogP contribution in [0, 0.1) is 0 Å². The van der Waals surface area contributed by atoms with Crippen LogP contribution in [-0.2, 0) is 0 Å². The smallest absolute Gasteiger partial charge is 0.335 e. The monoisotopic (exact) mass is 340 g/mol. The highest BCUT2D eigenvalue weighted by atomic mass is 35.5. The molecule has 2 heterocycles. The summed E-state index contributed by atoms with van der Waals surface area (Å²) < 4.78 is 6.78. The Bertz CT molecular complexity index is 1130. The minimum atomic E-state index is -1.08. The highest BCUT2D eigenvalue weighted by Gasteiger charge is 2.20. The van der Waals surface area contributed by atoms with E-state index >= 15 is 0 Å². The van der Waals surface area contributed by atoms with Crippen LogP contribution in [0.25, 0.3) is 28.1 Å². The van der Waals surface area contributed by atoms with Gasteiger partial charge in [0.1, 0.15) is 11.1 Å². The van der Waals surface area contributed by atoms with Crippen molar-refractivity contribution < 1.29 is 14.3 Å². The maximum Gasteiger partial charge on any atom is 0.335 e. The molecule has 7 heteroatoms. The van der Waals surface area contributed by atoms with Crippen molar-refractivity contribution in [3.63, 3.8) is 0 Å². The summed E-state index contributed by atoms with van der Waals surface area (Å²) >= 11 is 5.96. The quantitative estimate of drug-likeness (QED) is 0.604. The molecule has 0 amide bonds. The molecule has 2 aromatic carbocycles. The van der Waals surface area contributed by atoms with E-state index in [2.05, 4.69) is 5.10 Å². The second-order valence-electron chi connectivity index (χ2n) is 5.22. The van der Waals surface area contributed by atoms with Crippen LogP contribution in [0.4, 0.5) is 0 Å². The number of hydrogen-bond donors (Lipinski definition) is 1. The minimum absolute atomic E-state index is 0.0698. The van der Waals surface area contributed by atoms with Crippen LogP contribution in [0.1, 0.15) is 10.4 Å². The largest absolute Gasteiger partial charge is 0.478 e. The molecule has 2 aliphatic rings. The topological polar surface area (TPSA) is 85.3 Å². The van der Waals surface area contributed by atoms with Gasteiger partial charge in [-0.1, -0.05) is 17.7 Å². The first-order valence-corrected chi connectivity index (χ1v) is 7.36. The fraction of sp³-hybridized carbons (Fsp3) is 0. The molecule has 24 heavy (non-hydrogen) atoms. The average molecular weight is 341 g/mol. The number of benzene rings is 2. The predicted molar refractivity (Wildman–Crippen MR) is 88.2 cm³/mol. The lowest BCUT2D eigenvalue weighted by atomic mass is 10.2. The standard InChI is InChI=1S/C17H9ClN2O4/c18-11-4-5-14-10(6-11)8-13-15(24-14)19-20(16(13)21)12-3-1-2-9(7-12)17(22)23/h1-8H,(H,22,23). The third kappa shape index (κ3) is 2.24. The predicted octanol–water partition coefficient (Wildman–Crippen LogP) is 3.44. The molecule has 4 rings (SSSR count). The average Bonchev–Trinajstić information content (AvgIpc) is 2.89. The molecular formula is C17H9ClN2O4. The second kappa shape index (κ2) is 5.21. The van der Waals surface area contributed by atoms with Crippen LogP contribution in [0.3, 0.4) is 0 Å². The highest BCUT2D eigenvalue weighted by molar-refractivity contribution is 6.31. The number of nitrogens with zero attached hydrogens (tertiary/aromatic N) is 2. The van der Waals surface area contributed by atoms with Crippen molar-refractivity contribution in [1.82, 2.24) is 9.78 Å². The zero-order valence-electron chi connectivity index (χ0n) is 12.1. The molecule has 2 aliphatic heterocycles. The Morgan fingerprint density at radius 3 is 2.79 bits per heavy atom. The van der Waals surface area contributed by atoms with E-state index in [1.165, 1.54) is 12.1 Å². The Kier molecular flexibility index (Phi) is 3.14. The molecule has 1 N–H and O–H groups in total. The third-order valence-corrected chi connectivity index (χ3v) is 3.90. The molecule has 0 saturated carbocycles.